The molecule has 0 atom stereocenters. The van der Waals surface area contributed by atoms with Gasteiger partial charge in [0.1, 0.15) is 0 Å². The van der Waals surface area contributed by atoms with Crippen LogP contribution in [0.3, 0.4) is 0 Å². The summed E-state index contributed by atoms with van der Waals surface area (Å²) in [6.45, 7) is 5.08. The molecule has 1 aromatic carbocycles. The van der Waals surface area contributed by atoms with E-state index in [1.807, 2.05) is 11.7 Å². The Morgan fingerprint density at radius 3 is 2.55 bits per heavy atom. The van der Waals surface area contributed by atoms with E-state index < -0.39 is 0 Å². The molecule has 108 valence electrons. The maximum absolute atomic E-state index is 4.53. The first kappa shape index (κ1) is 15.3. The second-order valence-electron chi connectivity index (χ2n) is 4.99. The summed E-state index contributed by atoms with van der Waals surface area (Å²) in [4.78, 5) is 2.44. The van der Waals surface area contributed by atoms with Crippen molar-refractivity contribution in [3.63, 3.8) is 0 Å². The highest BCUT2D eigenvalue weighted by molar-refractivity contribution is 9.09. The molecule has 0 aliphatic heterocycles. The monoisotopic (exact) mass is 335 g/mol. The highest BCUT2D eigenvalue weighted by Crippen LogP contribution is 2.11. The van der Waals surface area contributed by atoms with Crippen molar-refractivity contribution in [2.45, 2.75) is 26.4 Å². The fourth-order valence-corrected chi connectivity index (χ4v) is 2.80. The summed E-state index contributed by atoms with van der Waals surface area (Å²) in [6.07, 6.45) is 0.991. The van der Waals surface area contributed by atoms with Gasteiger partial charge in [0.05, 0.1) is 11.4 Å². The molecule has 0 saturated carbocycles. The van der Waals surface area contributed by atoms with E-state index >= 15 is 0 Å². The molecule has 0 fully saturated rings. The third-order valence-corrected chi connectivity index (χ3v) is 3.78. The van der Waals surface area contributed by atoms with Gasteiger partial charge < -0.3 is 0 Å². The summed E-state index contributed by atoms with van der Waals surface area (Å²) in [5, 5.41) is 5.51. The minimum absolute atomic E-state index is 0.935. The summed E-state index contributed by atoms with van der Waals surface area (Å²) in [6, 6.07) is 12.8. The van der Waals surface area contributed by atoms with Crippen molar-refractivity contribution < 1.29 is 0 Å². The van der Waals surface area contributed by atoms with E-state index in [2.05, 4.69) is 69.3 Å². The number of halogens is 1. The number of hydrogen-bond acceptors (Lipinski definition) is 2. The lowest BCUT2D eigenvalue weighted by Crippen LogP contribution is -2.26. The Morgan fingerprint density at radius 2 is 1.95 bits per heavy atom. The molecule has 0 aliphatic rings. The number of rotatable bonds is 7. The van der Waals surface area contributed by atoms with Gasteiger partial charge in [-0.3, -0.25) is 9.58 Å². The van der Waals surface area contributed by atoms with Crippen molar-refractivity contribution in [3.8, 4) is 0 Å². The third kappa shape index (κ3) is 4.18. The zero-order valence-corrected chi connectivity index (χ0v) is 13.8. The molecule has 0 amide bonds. The van der Waals surface area contributed by atoms with Crippen LogP contribution in [0.5, 0.6) is 0 Å². The Kier molecular flexibility index (Phi) is 5.80. The molecule has 3 nitrogen and oxygen atoms in total. The van der Waals surface area contributed by atoms with Crippen molar-refractivity contribution in [1.29, 1.82) is 0 Å². The molecule has 2 aromatic rings. The van der Waals surface area contributed by atoms with Gasteiger partial charge >= 0.3 is 0 Å². The molecule has 0 radical (unpaired) electrons. The second-order valence-corrected chi connectivity index (χ2v) is 5.78. The predicted octanol–water partition coefficient (Wildman–Crippen LogP) is 3.38. The van der Waals surface area contributed by atoms with E-state index in [4.69, 9.17) is 0 Å². The van der Waals surface area contributed by atoms with E-state index in [1.165, 1.54) is 17.0 Å². The van der Waals surface area contributed by atoms with Gasteiger partial charge in [-0.05, 0) is 18.1 Å². The number of benzene rings is 1. The lowest BCUT2D eigenvalue weighted by Gasteiger charge is -2.21. The summed E-state index contributed by atoms with van der Waals surface area (Å²) in [5.74, 6) is 0. The van der Waals surface area contributed by atoms with Crippen LogP contribution in [0.2, 0.25) is 0 Å². The Labute approximate surface area is 129 Å². The van der Waals surface area contributed by atoms with Crippen molar-refractivity contribution in [2.24, 2.45) is 7.05 Å². The molecule has 20 heavy (non-hydrogen) atoms. The number of hydrogen-bond donors (Lipinski definition) is 0. The van der Waals surface area contributed by atoms with Crippen molar-refractivity contribution in [2.75, 3.05) is 11.9 Å². The molecule has 0 N–H and O–H groups in total. The highest BCUT2D eigenvalue weighted by atomic mass is 79.9. The minimum atomic E-state index is 0.935. The van der Waals surface area contributed by atoms with Gasteiger partial charge in [-0.25, -0.2) is 0 Å². The maximum Gasteiger partial charge on any atom is 0.0625 e. The van der Waals surface area contributed by atoms with Crippen LogP contribution in [0.25, 0.3) is 0 Å². The average Bonchev–Trinajstić information content (AvgIpc) is 2.81. The van der Waals surface area contributed by atoms with E-state index in [0.717, 1.165) is 31.4 Å². The molecule has 4 heteroatoms. The maximum atomic E-state index is 4.53. The van der Waals surface area contributed by atoms with Gasteiger partial charge in [0.2, 0.25) is 0 Å². The molecule has 0 spiro atoms. The van der Waals surface area contributed by atoms with Gasteiger partial charge in [-0.2, -0.15) is 5.10 Å². The Hall–Kier alpha value is -1.13. The SMILES string of the molecule is CCc1cc(CN(CCBr)Cc2ccccc2)n(C)n1. The smallest absolute Gasteiger partial charge is 0.0625 e. The Bertz CT molecular complexity index is 522. The fourth-order valence-electron chi connectivity index (χ4n) is 2.30. The fraction of sp³-hybridized carbons (Fsp3) is 0.438. The highest BCUT2D eigenvalue weighted by Gasteiger charge is 2.10. The van der Waals surface area contributed by atoms with Crippen LogP contribution in [-0.2, 0) is 26.6 Å². The number of nitrogens with zero attached hydrogens (tertiary/aromatic N) is 3. The zero-order valence-electron chi connectivity index (χ0n) is 12.2. The first-order valence-electron chi connectivity index (χ1n) is 7.07. The van der Waals surface area contributed by atoms with Gasteiger partial charge in [0.15, 0.2) is 0 Å². The summed E-state index contributed by atoms with van der Waals surface area (Å²) < 4.78 is 2.01. The standard InChI is InChI=1S/C16H22BrN3/c1-3-15-11-16(19(2)18-15)13-20(10-9-17)12-14-7-5-4-6-8-14/h4-8,11H,3,9-10,12-13H2,1-2H3. The molecule has 2 rings (SSSR count). The molecule has 0 saturated heterocycles. The van der Waals surface area contributed by atoms with E-state index in [-0.39, 0.29) is 0 Å². The van der Waals surface area contributed by atoms with Crippen LogP contribution in [0, 0.1) is 0 Å². The molecule has 0 unspecified atom stereocenters. The Morgan fingerprint density at radius 1 is 1.20 bits per heavy atom. The van der Waals surface area contributed by atoms with Gasteiger partial charge in [0.25, 0.3) is 0 Å². The summed E-state index contributed by atoms with van der Waals surface area (Å²) >= 11 is 3.55. The number of aryl methyl sites for hydroxylation is 2. The topological polar surface area (TPSA) is 21.1 Å². The Balaban J connectivity index is 2.06. The van der Waals surface area contributed by atoms with Crippen LogP contribution in [0.1, 0.15) is 23.9 Å². The van der Waals surface area contributed by atoms with Crippen LogP contribution in [0.15, 0.2) is 36.4 Å². The van der Waals surface area contributed by atoms with Crippen molar-refractivity contribution in [1.82, 2.24) is 14.7 Å². The largest absolute Gasteiger partial charge is 0.292 e. The molecular formula is C16H22BrN3. The van der Waals surface area contributed by atoms with E-state index in [1.54, 1.807) is 0 Å². The molecule has 1 heterocycles. The van der Waals surface area contributed by atoms with Crippen molar-refractivity contribution in [3.05, 3.63) is 53.3 Å². The summed E-state index contributed by atoms with van der Waals surface area (Å²) in [5.41, 5.74) is 3.80. The lowest BCUT2D eigenvalue weighted by molar-refractivity contribution is 0.267. The zero-order chi connectivity index (χ0) is 14.4. The van der Waals surface area contributed by atoms with Crippen LogP contribution in [0.4, 0.5) is 0 Å². The van der Waals surface area contributed by atoms with Gasteiger partial charge in [-0.1, -0.05) is 53.2 Å². The van der Waals surface area contributed by atoms with Crippen LogP contribution < -0.4 is 0 Å². The van der Waals surface area contributed by atoms with Gasteiger partial charge in [-0.15, -0.1) is 0 Å². The molecule has 0 aliphatic carbocycles. The number of alkyl halides is 1. The predicted molar refractivity (Wildman–Crippen MR) is 86.9 cm³/mol. The van der Waals surface area contributed by atoms with Crippen LogP contribution >= 0.6 is 15.9 Å². The first-order valence-corrected chi connectivity index (χ1v) is 8.19. The molecule has 0 bridgehead atoms. The second kappa shape index (κ2) is 7.60. The number of aromatic nitrogens is 2. The molecule has 1 aromatic heterocycles. The quantitative estimate of drug-likeness (QED) is 0.723. The lowest BCUT2D eigenvalue weighted by atomic mass is 10.2. The summed E-state index contributed by atoms with van der Waals surface area (Å²) in [7, 11) is 2.03. The van der Waals surface area contributed by atoms with Crippen molar-refractivity contribution >= 4 is 15.9 Å². The minimum Gasteiger partial charge on any atom is -0.292 e. The average molecular weight is 336 g/mol. The first-order chi connectivity index (χ1) is 9.72. The van der Waals surface area contributed by atoms with E-state index in [9.17, 15) is 0 Å². The van der Waals surface area contributed by atoms with Gasteiger partial charge in [0, 0.05) is 32.0 Å². The normalized spacial score (nSPS) is 11.2. The van der Waals surface area contributed by atoms with E-state index in [0.29, 0.717) is 0 Å². The third-order valence-electron chi connectivity index (χ3n) is 3.42. The van der Waals surface area contributed by atoms with Crippen LogP contribution in [-0.4, -0.2) is 26.6 Å². The molecular weight excluding hydrogens is 314 g/mol.